The number of rotatable bonds is 2. The maximum absolute atomic E-state index is 5.86. The van der Waals surface area contributed by atoms with Gasteiger partial charge >= 0.3 is 0 Å². The molecule has 0 saturated carbocycles. The number of alkyl halides is 1. The van der Waals surface area contributed by atoms with Gasteiger partial charge in [0.2, 0.25) is 0 Å². The van der Waals surface area contributed by atoms with Crippen molar-refractivity contribution in [3.05, 3.63) is 29.8 Å². The Kier molecular flexibility index (Phi) is 2.42. The summed E-state index contributed by atoms with van der Waals surface area (Å²) >= 11 is 7.50. The van der Waals surface area contributed by atoms with E-state index in [-0.39, 0.29) is 0 Å². The van der Waals surface area contributed by atoms with E-state index < -0.39 is 0 Å². The summed E-state index contributed by atoms with van der Waals surface area (Å²) in [6.07, 6.45) is 0. The topological polar surface area (TPSA) is 9.23 Å². The molecule has 2 aromatic rings. The average Bonchev–Trinajstić information content (AvgIpc) is 2.55. The van der Waals surface area contributed by atoms with E-state index in [0.717, 1.165) is 10.6 Å². The number of fused-ring (bicyclic) bond motifs is 1. The predicted octanol–water partition coefficient (Wildman–Crippen LogP) is 3.65. The highest BCUT2D eigenvalue weighted by Gasteiger charge is 2.10. The summed E-state index contributed by atoms with van der Waals surface area (Å²) in [5, 5.41) is 2.13. The van der Waals surface area contributed by atoms with E-state index in [9.17, 15) is 0 Å². The lowest BCUT2D eigenvalue weighted by molar-refractivity contribution is 0.424. The molecule has 3 heteroatoms. The largest absolute Gasteiger partial charge is 0.487 e. The Morgan fingerprint density at radius 3 is 2.85 bits per heavy atom. The first-order chi connectivity index (χ1) is 6.36. The zero-order valence-electron chi connectivity index (χ0n) is 7.21. The first-order valence-electron chi connectivity index (χ1n) is 3.97. The molecule has 1 aromatic carbocycles. The van der Waals surface area contributed by atoms with Crippen LogP contribution < -0.4 is 4.74 Å². The normalized spacial score (nSPS) is 10.6. The minimum absolute atomic E-state index is 0.507. The number of benzene rings is 1. The highest BCUT2D eigenvalue weighted by Crippen LogP contribution is 2.37. The van der Waals surface area contributed by atoms with Crippen LogP contribution in [0.5, 0.6) is 5.06 Å². The van der Waals surface area contributed by atoms with Crippen LogP contribution in [0.2, 0.25) is 0 Å². The van der Waals surface area contributed by atoms with Gasteiger partial charge in [-0.15, -0.1) is 11.6 Å². The van der Waals surface area contributed by atoms with Crippen molar-refractivity contribution in [1.82, 2.24) is 0 Å². The fraction of sp³-hybridized carbons (Fsp3) is 0.200. The molecular weight excluding hydrogens is 204 g/mol. The Hall–Kier alpha value is -0.730. The minimum atomic E-state index is 0.507. The Labute approximate surface area is 85.9 Å². The van der Waals surface area contributed by atoms with E-state index in [1.807, 2.05) is 12.1 Å². The molecule has 1 heterocycles. The quantitative estimate of drug-likeness (QED) is 0.691. The van der Waals surface area contributed by atoms with E-state index in [1.54, 1.807) is 18.4 Å². The van der Waals surface area contributed by atoms with Crippen LogP contribution in [0.15, 0.2) is 24.3 Å². The Balaban J connectivity index is 2.73. The lowest BCUT2D eigenvalue weighted by Crippen LogP contribution is -1.82. The minimum Gasteiger partial charge on any atom is -0.487 e. The summed E-state index contributed by atoms with van der Waals surface area (Å²) in [6.45, 7) is 0. The van der Waals surface area contributed by atoms with Crippen molar-refractivity contribution in [3.63, 3.8) is 0 Å². The van der Waals surface area contributed by atoms with E-state index in [4.69, 9.17) is 16.3 Å². The van der Waals surface area contributed by atoms with Gasteiger partial charge in [0.15, 0.2) is 5.06 Å². The van der Waals surface area contributed by atoms with E-state index in [0.29, 0.717) is 5.88 Å². The molecule has 13 heavy (non-hydrogen) atoms. The molecule has 0 radical (unpaired) electrons. The van der Waals surface area contributed by atoms with Gasteiger partial charge < -0.3 is 4.74 Å². The predicted molar refractivity (Wildman–Crippen MR) is 57.9 cm³/mol. The summed E-state index contributed by atoms with van der Waals surface area (Å²) < 4.78 is 6.49. The standard InChI is InChI=1S/C10H9ClOS/c1-12-10-8(6-11)7-4-2-3-5-9(7)13-10/h2-5H,6H2,1H3. The maximum Gasteiger partial charge on any atom is 0.179 e. The first-order valence-corrected chi connectivity index (χ1v) is 5.32. The molecule has 0 amide bonds. The molecular formula is C10H9ClOS. The number of ether oxygens (including phenoxy) is 1. The highest BCUT2D eigenvalue weighted by atomic mass is 35.5. The van der Waals surface area contributed by atoms with Crippen molar-refractivity contribution in [2.45, 2.75) is 5.88 Å². The first kappa shape index (κ1) is 8.85. The lowest BCUT2D eigenvalue weighted by Gasteiger charge is -1.96. The van der Waals surface area contributed by atoms with Crippen molar-refractivity contribution in [2.24, 2.45) is 0 Å². The maximum atomic E-state index is 5.86. The third-order valence-corrected chi connectivity index (χ3v) is 3.42. The van der Waals surface area contributed by atoms with Crippen molar-refractivity contribution in [1.29, 1.82) is 0 Å². The Bertz CT molecular complexity index is 422. The molecule has 0 aliphatic heterocycles. The molecule has 0 bridgehead atoms. The highest BCUT2D eigenvalue weighted by molar-refractivity contribution is 7.21. The van der Waals surface area contributed by atoms with Crippen LogP contribution >= 0.6 is 22.9 Å². The zero-order chi connectivity index (χ0) is 9.26. The molecule has 0 atom stereocenters. The van der Waals surface area contributed by atoms with Crippen LogP contribution in [0.4, 0.5) is 0 Å². The van der Waals surface area contributed by atoms with Crippen LogP contribution in [-0.2, 0) is 5.88 Å². The van der Waals surface area contributed by atoms with Crippen molar-refractivity contribution in [3.8, 4) is 5.06 Å². The lowest BCUT2D eigenvalue weighted by atomic mass is 10.2. The van der Waals surface area contributed by atoms with E-state index in [1.165, 1.54) is 10.1 Å². The second-order valence-electron chi connectivity index (χ2n) is 2.70. The van der Waals surface area contributed by atoms with Gasteiger partial charge in [-0.3, -0.25) is 0 Å². The smallest absolute Gasteiger partial charge is 0.179 e. The fourth-order valence-corrected chi connectivity index (χ4v) is 2.75. The van der Waals surface area contributed by atoms with Crippen LogP contribution in [-0.4, -0.2) is 7.11 Å². The summed E-state index contributed by atoms with van der Waals surface area (Å²) in [4.78, 5) is 0. The molecule has 1 aromatic heterocycles. The van der Waals surface area contributed by atoms with Crippen LogP contribution in [0.3, 0.4) is 0 Å². The van der Waals surface area contributed by atoms with Gasteiger partial charge in [0, 0.05) is 15.6 Å². The molecule has 0 aliphatic rings. The molecule has 0 aliphatic carbocycles. The van der Waals surface area contributed by atoms with E-state index >= 15 is 0 Å². The van der Waals surface area contributed by atoms with Gasteiger partial charge in [0.1, 0.15) is 0 Å². The number of thiophene rings is 1. The van der Waals surface area contributed by atoms with Gasteiger partial charge in [-0.1, -0.05) is 29.5 Å². The number of halogens is 1. The monoisotopic (exact) mass is 212 g/mol. The van der Waals surface area contributed by atoms with Crippen LogP contribution in [0, 0.1) is 0 Å². The van der Waals surface area contributed by atoms with Crippen molar-refractivity contribution in [2.75, 3.05) is 7.11 Å². The van der Waals surface area contributed by atoms with Crippen LogP contribution in [0.1, 0.15) is 5.56 Å². The third-order valence-electron chi connectivity index (χ3n) is 1.98. The molecule has 0 saturated heterocycles. The Morgan fingerprint density at radius 1 is 1.38 bits per heavy atom. The van der Waals surface area contributed by atoms with Gasteiger partial charge in [0.25, 0.3) is 0 Å². The zero-order valence-corrected chi connectivity index (χ0v) is 8.78. The fourth-order valence-electron chi connectivity index (χ4n) is 1.37. The molecule has 0 N–H and O–H groups in total. The van der Waals surface area contributed by atoms with Crippen molar-refractivity contribution >= 4 is 33.0 Å². The third kappa shape index (κ3) is 1.40. The number of hydrogen-bond donors (Lipinski definition) is 0. The summed E-state index contributed by atoms with van der Waals surface area (Å²) in [5.74, 6) is 0.507. The molecule has 68 valence electrons. The summed E-state index contributed by atoms with van der Waals surface area (Å²) in [7, 11) is 1.68. The molecule has 0 unspecified atom stereocenters. The summed E-state index contributed by atoms with van der Waals surface area (Å²) in [6, 6.07) is 8.20. The van der Waals surface area contributed by atoms with Gasteiger partial charge in [-0.25, -0.2) is 0 Å². The molecule has 1 nitrogen and oxygen atoms in total. The second kappa shape index (κ2) is 3.56. The van der Waals surface area contributed by atoms with Crippen molar-refractivity contribution < 1.29 is 4.74 Å². The second-order valence-corrected chi connectivity index (χ2v) is 3.98. The molecule has 0 spiro atoms. The molecule has 2 rings (SSSR count). The molecule has 0 fully saturated rings. The van der Waals surface area contributed by atoms with Gasteiger partial charge in [0.05, 0.1) is 13.0 Å². The number of methoxy groups -OCH3 is 1. The Morgan fingerprint density at radius 2 is 2.15 bits per heavy atom. The van der Waals surface area contributed by atoms with Gasteiger partial charge in [-0.2, -0.15) is 0 Å². The number of hydrogen-bond acceptors (Lipinski definition) is 2. The van der Waals surface area contributed by atoms with Crippen LogP contribution in [0.25, 0.3) is 10.1 Å². The van der Waals surface area contributed by atoms with Gasteiger partial charge in [-0.05, 0) is 6.07 Å². The average molecular weight is 213 g/mol. The SMILES string of the molecule is COc1sc2ccccc2c1CCl. The van der Waals surface area contributed by atoms with E-state index in [2.05, 4.69) is 12.1 Å². The summed E-state index contributed by atoms with van der Waals surface area (Å²) in [5.41, 5.74) is 1.10.